The number of benzene rings is 2. The van der Waals surface area contributed by atoms with E-state index in [4.69, 9.17) is 9.47 Å². The molecule has 35 heavy (non-hydrogen) atoms. The van der Waals surface area contributed by atoms with Crippen LogP contribution in [0.5, 0.6) is 11.5 Å². The lowest BCUT2D eigenvalue weighted by atomic mass is 10.1. The summed E-state index contributed by atoms with van der Waals surface area (Å²) in [5.41, 5.74) is 0.492. The SMILES string of the molecule is COC(=O)COc1c(I)cc(/C=C2\SC(=O)N(CC(=O)c3ccc([N+](=O)[O-])cc3)C2=O)cc1OC. The van der Waals surface area contributed by atoms with Gasteiger partial charge in [-0.1, -0.05) is 0 Å². The molecule has 11 nitrogen and oxygen atoms in total. The van der Waals surface area contributed by atoms with E-state index < -0.39 is 34.4 Å². The van der Waals surface area contributed by atoms with Crippen molar-refractivity contribution in [3.8, 4) is 11.5 Å². The summed E-state index contributed by atoms with van der Waals surface area (Å²) < 4.78 is 15.9. The van der Waals surface area contributed by atoms with Crippen LogP contribution in [-0.4, -0.2) is 60.1 Å². The number of imide groups is 1. The number of amides is 2. The number of esters is 1. The Morgan fingerprint density at radius 1 is 1.17 bits per heavy atom. The largest absolute Gasteiger partial charge is 0.493 e. The Morgan fingerprint density at radius 2 is 1.86 bits per heavy atom. The fourth-order valence-corrected chi connectivity index (χ4v) is 4.56. The van der Waals surface area contributed by atoms with E-state index in [-0.39, 0.29) is 22.8 Å². The number of hydrogen-bond acceptors (Lipinski definition) is 10. The lowest BCUT2D eigenvalue weighted by Gasteiger charge is -2.13. The number of nitrogens with zero attached hydrogens (tertiary/aromatic N) is 2. The smallest absolute Gasteiger partial charge is 0.343 e. The second-order valence-electron chi connectivity index (χ2n) is 6.89. The molecule has 182 valence electrons. The molecule has 1 fully saturated rings. The molecule has 2 aromatic carbocycles. The van der Waals surface area contributed by atoms with Crippen LogP contribution in [0.15, 0.2) is 41.3 Å². The molecule has 0 atom stereocenters. The maximum atomic E-state index is 12.8. The van der Waals surface area contributed by atoms with Crippen molar-refractivity contribution in [1.82, 2.24) is 4.90 Å². The molecule has 1 aliphatic heterocycles. The highest BCUT2D eigenvalue weighted by Gasteiger charge is 2.36. The molecule has 0 radical (unpaired) electrons. The molecule has 0 bridgehead atoms. The van der Waals surface area contributed by atoms with Crippen LogP contribution in [0, 0.1) is 13.7 Å². The molecule has 1 aliphatic rings. The Bertz CT molecular complexity index is 1240. The van der Waals surface area contributed by atoms with Crippen molar-refractivity contribution in [2.45, 2.75) is 0 Å². The van der Waals surface area contributed by atoms with E-state index in [1.165, 1.54) is 44.6 Å². The highest BCUT2D eigenvalue weighted by Crippen LogP contribution is 2.37. The lowest BCUT2D eigenvalue weighted by molar-refractivity contribution is -0.384. The van der Waals surface area contributed by atoms with Gasteiger partial charge in [0.15, 0.2) is 23.9 Å². The fourth-order valence-electron chi connectivity index (χ4n) is 2.94. The molecule has 13 heteroatoms. The van der Waals surface area contributed by atoms with Crippen LogP contribution in [0.4, 0.5) is 10.5 Å². The zero-order chi connectivity index (χ0) is 25.7. The summed E-state index contributed by atoms with van der Waals surface area (Å²) in [5, 5.41) is 10.2. The fraction of sp³-hybridized carbons (Fsp3) is 0.182. The van der Waals surface area contributed by atoms with Crippen LogP contribution in [0.25, 0.3) is 6.08 Å². The normalized spacial score (nSPS) is 14.3. The quantitative estimate of drug-likeness (QED) is 0.103. The van der Waals surface area contributed by atoms with Crippen molar-refractivity contribution in [3.05, 3.63) is 66.1 Å². The van der Waals surface area contributed by atoms with Gasteiger partial charge in [0.05, 0.1) is 34.2 Å². The number of Topliss-reactive ketones (excluding diaryl/α,β-unsaturated/α-hetero) is 1. The standard InChI is InChI=1S/C22H17IN2O9S/c1-32-17-8-12(7-15(23)20(17)34-11-19(27)33-2)9-18-21(28)24(22(29)35-18)10-16(26)13-3-5-14(6-4-13)25(30)31/h3-9H,10-11H2,1-2H3/b18-9-. The van der Waals surface area contributed by atoms with Crippen molar-refractivity contribution in [1.29, 1.82) is 0 Å². The van der Waals surface area contributed by atoms with Gasteiger partial charge in [-0.3, -0.25) is 29.4 Å². The molecule has 1 heterocycles. The predicted octanol–water partition coefficient (Wildman–Crippen LogP) is 3.68. The molecule has 2 aromatic rings. The van der Waals surface area contributed by atoms with Crippen molar-refractivity contribution in [3.63, 3.8) is 0 Å². The Hall–Kier alpha value is -3.46. The first-order chi connectivity index (χ1) is 16.6. The number of hydrogen-bond donors (Lipinski definition) is 0. The highest BCUT2D eigenvalue weighted by atomic mass is 127. The van der Waals surface area contributed by atoms with Crippen molar-refractivity contribution >= 4 is 69.0 Å². The maximum absolute atomic E-state index is 12.8. The minimum absolute atomic E-state index is 0.104. The number of carbonyl (C=O) groups excluding carboxylic acids is 4. The molecular weight excluding hydrogens is 595 g/mol. The third kappa shape index (κ3) is 6.16. The van der Waals surface area contributed by atoms with Crippen molar-refractivity contribution in [2.24, 2.45) is 0 Å². The number of halogens is 1. The van der Waals surface area contributed by atoms with Gasteiger partial charge in [-0.2, -0.15) is 0 Å². The van der Waals surface area contributed by atoms with E-state index >= 15 is 0 Å². The summed E-state index contributed by atoms with van der Waals surface area (Å²) in [6.45, 7) is -0.815. The summed E-state index contributed by atoms with van der Waals surface area (Å²) in [7, 11) is 2.65. The second kappa shape index (κ2) is 11.3. The van der Waals surface area contributed by atoms with Crippen LogP contribution in [0.1, 0.15) is 15.9 Å². The first-order valence-corrected chi connectivity index (χ1v) is 11.6. The van der Waals surface area contributed by atoms with Crippen molar-refractivity contribution in [2.75, 3.05) is 27.4 Å². The molecule has 0 saturated carbocycles. The maximum Gasteiger partial charge on any atom is 0.343 e. The van der Waals surface area contributed by atoms with E-state index in [1.807, 2.05) is 22.6 Å². The van der Waals surface area contributed by atoms with E-state index in [2.05, 4.69) is 4.74 Å². The van der Waals surface area contributed by atoms with E-state index in [9.17, 15) is 29.3 Å². The number of carbonyl (C=O) groups is 4. The summed E-state index contributed by atoms with van der Waals surface area (Å²) in [5.74, 6) is -1.12. The molecule has 0 unspecified atom stereocenters. The molecule has 0 aromatic heterocycles. The number of methoxy groups -OCH3 is 2. The zero-order valence-corrected chi connectivity index (χ0v) is 21.3. The number of non-ortho nitro benzene ring substituents is 1. The number of nitro benzene ring substituents is 1. The number of nitro groups is 1. The Labute approximate surface area is 216 Å². The Kier molecular flexibility index (Phi) is 8.45. The first-order valence-electron chi connectivity index (χ1n) is 9.74. The van der Waals surface area contributed by atoms with Gasteiger partial charge in [0.2, 0.25) is 0 Å². The molecule has 0 spiro atoms. The highest BCUT2D eigenvalue weighted by molar-refractivity contribution is 14.1. The first kappa shape index (κ1) is 26.2. The molecular formula is C22H17IN2O9S. The monoisotopic (exact) mass is 612 g/mol. The Balaban J connectivity index is 1.77. The van der Waals surface area contributed by atoms with E-state index in [0.29, 0.717) is 32.4 Å². The van der Waals surface area contributed by atoms with Gasteiger partial charge in [-0.15, -0.1) is 0 Å². The molecule has 1 saturated heterocycles. The summed E-state index contributed by atoms with van der Waals surface area (Å²) in [6, 6.07) is 8.14. The summed E-state index contributed by atoms with van der Waals surface area (Å²) in [4.78, 5) is 60.2. The minimum Gasteiger partial charge on any atom is -0.493 e. The van der Waals surface area contributed by atoms with Gasteiger partial charge in [-0.05, 0) is 70.3 Å². The van der Waals surface area contributed by atoms with Crippen LogP contribution in [0.2, 0.25) is 0 Å². The van der Waals surface area contributed by atoms with Gasteiger partial charge in [0.1, 0.15) is 0 Å². The average molecular weight is 612 g/mol. The number of ketones is 1. The topological polar surface area (TPSA) is 142 Å². The van der Waals surface area contributed by atoms with Gasteiger partial charge in [0.25, 0.3) is 16.8 Å². The number of thioether (sulfide) groups is 1. The molecule has 0 N–H and O–H groups in total. The lowest BCUT2D eigenvalue weighted by Crippen LogP contribution is -2.33. The Morgan fingerprint density at radius 3 is 2.46 bits per heavy atom. The molecule has 3 rings (SSSR count). The molecule has 2 amide bonds. The third-order valence-corrected chi connectivity index (χ3v) is 6.40. The predicted molar refractivity (Wildman–Crippen MR) is 133 cm³/mol. The average Bonchev–Trinajstić information content (AvgIpc) is 3.09. The van der Waals surface area contributed by atoms with E-state index in [0.717, 1.165) is 4.90 Å². The second-order valence-corrected chi connectivity index (χ2v) is 9.05. The third-order valence-electron chi connectivity index (χ3n) is 4.69. The van der Waals surface area contributed by atoms with Gasteiger partial charge in [-0.25, -0.2) is 4.79 Å². The molecule has 0 aliphatic carbocycles. The van der Waals surface area contributed by atoms with E-state index in [1.54, 1.807) is 12.1 Å². The van der Waals surface area contributed by atoms with Gasteiger partial charge in [0, 0.05) is 17.7 Å². The van der Waals surface area contributed by atoms with Crippen molar-refractivity contribution < 1.29 is 38.3 Å². The summed E-state index contributed by atoms with van der Waals surface area (Å²) in [6.07, 6.45) is 1.48. The van der Waals surface area contributed by atoms with Crippen LogP contribution < -0.4 is 9.47 Å². The number of ether oxygens (including phenoxy) is 3. The number of rotatable bonds is 9. The van der Waals surface area contributed by atoms with Gasteiger partial charge < -0.3 is 14.2 Å². The van der Waals surface area contributed by atoms with Crippen LogP contribution in [-0.2, 0) is 14.3 Å². The summed E-state index contributed by atoms with van der Waals surface area (Å²) >= 11 is 2.66. The zero-order valence-electron chi connectivity index (χ0n) is 18.3. The van der Waals surface area contributed by atoms with Crippen LogP contribution in [0.3, 0.4) is 0 Å². The minimum atomic E-state index is -0.643. The van der Waals surface area contributed by atoms with Crippen LogP contribution >= 0.6 is 34.4 Å². The van der Waals surface area contributed by atoms with Gasteiger partial charge >= 0.3 is 5.97 Å².